The van der Waals surface area contributed by atoms with E-state index in [1.807, 2.05) is 30.0 Å². The fourth-order valence-electron chi connectivity index (χ4n) is 5.61. The van der Waals surface area contributed by atoms with Gasteiger partial charge in [0.1, 0.15) is 4.83 Å². The summed E-state index contributed by atoms with van der Waals surface area (Å²) in [5, 5.41) is 1.07. The largest absolute Gasteiger partial charge is 0.376 e. The van der Waals surface area contributed by atoms with Crippen LogP contribution in [0.1, 0.15) is 49.1 Å². The van der Waals surface area contributed by atoms with E-state index in [1.165, 1.54) is 27.8 Å². The van der Waals surface area contributed by atoms with E-state index in [9.17, 15) is 9.59 Å². The summed E-state index contributed by atoms with van der Waals surface area (Å²) in [6, 6.07) is 8.26. The molecule has 6 rings (SSSR count). The fourth-order valence-corrected chi connectivity index (χ4v) is 7.88. The number of thiophene rings is 1. The van der Waals surface area contributed by atoms with Crippen LogP contribution in [0.3, 0.4) is 0 Å². The van der Waals surface area contributed by atoms with Gasteiger partial charge in [-0.3, -0.25) is 14.2 Å². The SMILES string of the molecule is C[C@H](Sc1nc2sc3c(c2c(=O)n1C[C@@H]1CCCO1)CCC3)C(=O)N1c2ccccc2C[C@H]1C. The summed E-state index contributed by atoms with van der Waals surface area (Å²) >= 11 is 3.06. The Balaban J connectivity index is 1.35. The number of thioether (sulfide) groups is 1. The second-order valence-electron chi connectivity index (χ2n) is 9.63. The van der Waals surface area contributed by atoms with Crippen LogP contribution in [0.5, 0.6) is 0 Å². The number of anilines is 1. The van der Waals surface area contributed by atoms with E-state index in [1.54, 1.807) is 15.9 Å². The van der Waals surface area contributed by atoms with Crippen LogP contribution >= 0.6 is 23.1 Å². The van der Waals surface area contributed by atoms with Crippen LogP contribution in [0.25, 0.3) is 10.2 Å². The lowest BCUT2D eigenvalue weighted by Crippen LogP contribution is -2.40. The lowest BCUT2D eigenvalue weighted by Gasteiger charge is -2.26. The van der Waals surface area contributed by atoms with Crippen molar-refractivity contribution < 1.29 is 9.53 Å². The smallest absolute Gasteiger partial charge is 0.263 e. The molecule has 0 radical (unpaired) electrons. The highest BCUT2D eigenvalue weighted by molar-refractivity contribution is 8.00. The Labute approximate surface area is 207 Å². The molecular weight excluding hydrogens is 466 g/mol. The van der Waals surface area contributed by atoms with Crippen molar-refractivity contribution in [3.63, 3.8) is 0 Å². The monoisotopic (exact) mass is 495 g/mol. The molecule has 2 aromatic heterocycles. The molecule has 178 valence electrons. The van der Waals surface area contributed by atoms with Gasteiger partial charge in [-0.25, -0.2) is 4.98 Å². The molecule has 8 heteroatoms. The van der Waals surface area contributed by atoms with Crippen molar-refractivity contribution in [2.24, 2.45) is 0 Å². The van der Waals surface area contributed by atoms with Gasteiger partial charge < -0.3 is 9.64 Å². The van der Waals surface area contributed by atoms with E-state index >= 15 is 0 Å². The van der Waals surface area contributed by atoms with Gasteiger partial charge in [0.15, 0.2) is 5.16 Å². The number of hydrogen-bond donors (Lipinski definition) is 0. The van der Waals surface area contributed by atoms with E-state index in [4.69, 9.17) is 9.72 Å². The zero-order valence-corrected chi connectivity index (χ0v) is 21.2. The molecule has 1 fully saturated rings. The number of amides is 1. The minimum absolute atomic E-state index is 0.0273. The lowest BCUT2D eigenvalue weighted by molar-refractivity contribution is -0.118. The van der Waals surface area contributed by atoms with E-state index in [0.717, 1.165) is 61.0 Å². The standard InChI is InChI=1S/C26H29N3O3S2/c1-15-13-17-7-3-4-10-20(17)29(15)24(30)16(2)33-26-27-23-22(19-9-5-11-21(19)34-23)25(31)28(26)14-18-8-6-12-32-18/h3-4,7,10,15-16,18H,5-6,8-9,11-14H2,1-2H3/t15-,16+,18+/m1/s1. The molecule has 2 aliphatic heterocycles. The third kappa shape index (κ3) is 3.71. The molecule has 4 heterocycles. The number of para-hydroxylation sites is 1. The fraction of sp³-hybridized carbons (Fsp3) is 0.500. The Morgan fingerprint density at radius 2 is 2.15 bits per heavy atom. The van der Waals surface area contributed by atoms with E-state index in [-0.39, 0.29) is 28.9 Å². The number of aryl methyl sites for hydroxylation is 2. The highest BCUT2D eigenvalue weighted by Gasteiger charge is 2.34. The van der Waals surface area contributed by atoms with Crippen molar-refractivity contribution in [1.29, 1.82) is 0 Å². The number of aromatic nitrogens is 2. The van der Waals surface area contributed by atoms with Crippen LogP contribution in [-0.2, 0) is 35.3 Å². The summed E-state index contributed by atoms with van der Waals surface area (Å²) in [5.41, 5.74) is 3.44. The van der Waals surface area contributed by atoms with Crippen LogP contribution in [0.2, 0.25) is 0 Å². The van der Waals surface area contributed by atoms with Gasteiger partial charge in [0.25, 0.3) is 5.56 Å². The second-order valence-corrected chi connectivity index (χ2v) is 12.0. The first-order valence-corrected chi connectivity index (χ1v) is 13.9. The van der Waals surface area contributed by atoms with Gasteiger partial charge in [-0.05, 0) is 69.6 Å². The number of ether oxygens (including phenoxy) is 1. The normalized spacial score (nSPS) is 22.4. The first kappa shape index (κ1) is 22.3. The average molecular weight is 496 g/mol. The highest BCUT2D eigenvalue weighted by Crippen LogP contribution is 2.38. The van der Waals surface area contributed by atoms with Gasteiger partial charge in [-0.2, -0.15) is 0 Å². The second kappa shape index (κ2) is 8.81. The molecule has 0 spiro atoms. The lowest BCUT2D eigenvalue weighted by atomic mass is 10.1. The Hall–Kier alpha value is -2.16. The predicted octanol–water partition coefficient (Wildman–Crippen LogP) is 4.58. The number of benzene rings is 1. The van der Waals surface area contributed by atoms with Crippen molar-refractivity contribution in [2.75, 3.05) is 11.5 Å². The summed E-state index contributed by atoms with van der Waals surface area (Å²) in [7, 11) is 0. The molecule has 3 atom stereocenters. The number of carbonyl (C=O) groups is 1. The quantitative estimate of drug-likeness (QED) is 0.383. The maximum Gasteiger partial charge on any atom is 0.263 e. The average Bonchev–Trinajstić information content (AvgIpc) is 3.59. The van der Waals surface area contributed by atoms with Crippen molar-refractivity contribution >= 4 is 44.9 Å². The number of fused-ring (bicyclic) bond motifs is 4. The van der Waals surface area contributed by atoms with Gasteiger partial charge in [0.05, 0.1) is 23.3 Å². The Bertz CT molecular complexity index is 1320. The summed E-state index contributed by atoms with van der Waals surface area (Å²) in [4.78, 5) is 36.4. The van der Waals surface area contributed by atoms with E-state index in [0.29, 0.717) is 11.7 Å². The molecule has 1 amide bonds. The molecule has 0 saturated carbocycles. The maximum absolute atomic E-state index is 13.7. The van der Waals surface area contributed by atoms with Crippen molar-refractivity contribution in [3.8, 4) is 0 Å². The van der Waals surface area contributed by atoms with Gasteiger partial charge in [0, 0.05) is 23.2 Å². The predicted molar refractivity (Wildman–Crippen MR) is 137 cm³/mol. The van der Waals surface area contributed by atoms with Crippen LogP contribution in [0.4, 0.5) is 5.69 Å². The molecule has 6 nitrogen and oxygen atoms in total. The third-order valence-electron chi connectivity index (χ3n) is 7.27. The van der Waals surface area contributed by atoms with Crippen molar-refractivity contribution in [3.05, 3.63) is 50.6 Å². The molecular formula is C26H29N3O3S2. The first-order chi connectivity index (χ1) is 16.5. The minimum Gasteiger partial charge on any atom is -0.376 e. The summed E-state index contributed by atoms with van der Waals surface area (Å²) in [5.74, 6) is 0.0640. The first-order valence-electron chi connectivity index (χ1n) is 12.3. The van der Waals surface area contributed by atoms with Crippen LogP contribution in [0.15, 0.2) is 34.2 Å². The van der Waals surface area contributed by atoms with Gasteiger partial charge >= 0.3 is 0 Å². The Morgan fingerprint density at radius 3 is 2.97 bits per heavy atom. The van der Waals surface area contributed by atoms with Crippen molar-refractivity contribution in [2.45, 2.75) is 81.5 Å². The summed E-state index contributed by atoms with van der Waals surface area (Å²) in [6.07, 6.45) is 5.97. The Morgan fingerprint density at radius 1 is 1.29 bits per heavy atom. The van der Waals surface area contributed by atoms with E-state index in [2.05, 4.69) is 13.0 Å². The molecule has 3 aliphatic rings. The molecule has 34 heavy (non-hydrogen) atoms. The molecule has 0 N–H and O–H groups in total. The van der Waals surface area contributed by atoms with Crippen LogP contribution in [-0.4, -0.2) is 39.5 Å². The van der Waals surface area contributed by atoms with Crippen molar-refractivity contribution in [1.82, 2.24) is 9.55 Å². The minimum atomic E-state index is -0.361. The van der Waals surface area contributed by atoms with E-state index < -0.39 is 0 Å². The zero-order chi connectivity index (χ0) is 23.4. The highest BCUT2D eigenvalue weighted by atomic mass is 32.2. The number of nitrogens with zero attached hydrogens (tertiary/aromatic N) is 3. The number of rotatable bonds is 5. The summed E-state index contributed by atoms with van der Waals surface area (Å²) < 4.78 is 7.66. The Kier molecular flexibility index (Phi) is 5.78. The molecule has 3 aromatic rings. The number of hydrogen-bond acceptors (Lipinski definition) is 6. The molecule has 1 aromatic carbocycles. The number of carbonyl (C=O) groups excluding carboxylic acids is 1. The van der Waals surface area contributed by atoms with Crippen LogP contribution < -0.4 is 10.5 Å². The van der Waals surface area contributed by atoms with Crippen LogP contribution in [0, 0.1) is 0 Å². The molecule has 1 aliphatic carbocycles. The van der Waals surface area contributed by atoms with Gasteiger partial charge in [-0.15, -0.1) is 11.3 Å². The maximum atomic E-state index is 13.7. The molecule has 0 bridgehead atoms. The topological polar surface area (TPSA) is 64.4 Å². The molecule has 0 unspecified atom stereocenters. The zero-order valence-electron chi connectivity index (χ0n) is 19.6. The summed E-state index contributed by atoms with van der Waals surface area (Å²) in [6.45, 7) is 5.27. The molecule has 1 saturated heterocycles. The van der Waals surface area contributed by atoms with Gasteiger partial charge in [-0.1, -0.05) is 30.0 Å². The van der Waals surface area contributed by atoms with Gasteiger partial charge in [0.2, 0.25) is 5.91 Å². The third-order valence-corrected chi connectivity index (χ3v) is 9.54.